The molecule has 1 aromatic carbocycles. The molecule has 0 spiro atoms. The van der Waals surface area contributed by atoms with Crippen LogP contribution in [0.5, 0.6) is 0 Å². The number of hydrogen-bond donors (Lipinski definition) is 10. The Morgan fingerprint density at radius 2 is 1.25 bits per heavy atom. The van der Waals surface area contributed by atoms with Crippen LogP contribution in [0.1, 0.15) is 54.6 Å². The Bertz CT molecular complexity index is 1840. The van der Waals surface area contributed by atoms with E-state index in [4.69, 9.17) is 15.9 Å². The van der Waals surface area contributed by atoms with E-state index in [1.54, 1.807) is 0 Å². The molecule has 0 saturated carbocycles. The number of nitrogens with zero attached hydrogens (tertiary/aromatic N) is 3. The van der Waals surface area contributed by atoms with E-state index in [0.29, 0.717) is 11.4 Å². The quantitative estimate of drug-likeness (QED) is 0.0523. The molecule has 0 aliphatic heterocycles. The van der Waals surface area contributed by atoms with E-state index >= 15 is 0 Å². The van der Waals surface area contributed by atoms with Gasteiger partial charge in [0.2, 0.25) is 17.8 Å². The molecule has 3 rings (SSSR count). The molecule has 51 heavy (non-hydrogen) atoms. The van der Waals surface area contributed by atoms with Gasteiger partial charge < -0.3 is 47.4 Å². The molecule has 22 heteroatoms. The van der Waals surface area contributed by atoms with E-state index < -0.39 is 104 Å². The minimum absolute atomic E-state index is 0. The van der Waals surface area contributed by atoms with E-state index in [0.717, 1.165) is 0 Å². The van der Waals surface area contributed by atoms with Crippen molar-refractivity contribution in [3.05, 3.63) is 52.1 Å². The molecule has 3 amide bonds. The van der Waals surface area contributed by atoms with Gasteiger partial charge in [-0.3, -0.25) is 29.0 Å². The minimum atomic E-state index is -1.59. The first-order valence-corrected chi connectivity index (χ1v) is 14.8. The summed E-state index contributed by atoms with van der Waals surface area (Å²) in [6.07, 6.45) is -1.43. The van der Waals surface area contributed by atoms with Crippen molar-refractivity contribution < 1.29 is 83.5 Å². The SMILES string of the molecule is Nc1nc2ncc(CNc3ccc(C(=O)NC(CCC(=O)NC(CCC(=O)NC(CCC(=O)O)C(=O)O)C(=O)O)C(=O)O)cc3)nc2c(=O)[nH]1.[Na+]. The maximum Gasteiger partial charge on any atom is 1.00 e. The van der Waals surface area contributed by atoms with Crippen LogP contribution in [-0.2, 0) is 35.3 Å². The van der Waals surface area contributed by atoms with Crippen LogP contribution >= 0.6 is 0 Å². The Morgan fingerprint density at radius 3 is 1.76 bits per heavy atom. The summed E-state index contributed by atoms with van der Waals surface area (Å²) in [5.41, 5.74) is 6.07. The van der Waals surface area contributed by atoms with Gasteiger partial charge in [-0.25, -0.2) is 24.4 Å². The number of nitrogens with one attached hydrogen (secondary N) is 5. The third kappa shape index (κ3) is 13.3. The summed E-state index contributed by atoms with van der Waals surface area (Å²) >= 11 is 0. The van der Waals surface area contributed by atoms with Gasteiger partial charge in [-0.05, 0) is 43.5 Å². The number of benzene rings is 1. The van der Waals surface area contributed by atoms with Gasteiger partial charge in [0.15, 0.2) is 11.2 Å². The van der Waals surface area contributed by atoms with Crippen LogP contribution in [0, 0.1) is 0 Å². The number of carbonyl (C=O) groups is 7. The number of carbonyl (C=O) groups excluding carboxylic acids is 3. The maximum absolute atomic E-state index is 12.7. The first-order valence-electron chi connectivity index (χ1n) is 14.8. The third-order valence-electron chi connectivity index (χ3n) is 6.94. The molecule has 0 radical (unpaired) electrons. The molecule has 3 unspecified atom stereocenters. The molecule has 0 aliphatic rings. The van der Waals surface area contributed by atoms with E-state index in [9.17, 15) is 48.6 Å². The number of amides is 3. The zero-order valence-corrected chi connectivity index (χ0v) is 29.0. The maximum atomic E-state index is 12.7. The Labute approximate surface area is 309 Å². The number of H-pyrrole nitrogens is 1. The predicted molar refractivity (Wildman–Crippen MR) is 169 cm³/mol. The van der Waals surface area contributed by atoms with Crippen molar-refractivity contribution in [2.24, 2.45) is 0 Å². The van der Waals surface area contributed by atoms with Crippen molar-refractivity contribution in [1.82, 2.24) is 35.9 Å². The zero-order valence-electron chi connectivity index (χ0n) is 27.0. The monoisotopic (exact) mass is 722 g/mol. The number of fused-ring (bicyclic) bond motifs is 1. The molecule has 11 N–H and O–H groups in total. The fourth-order valence-corrected chi connectivity index (χ4v) is 4.35. The number of anilines is 2. The summed E-state index contributed by atoms with van der Waals surface area (Å²) in [7, 11) is 0. The summed E-state index contributed by atoms with van der Waals surface area (Å²) in [6.45, 7) is 0.150. The van der Waals surface area contributed by atoms with E-state index in [-0.39, 0.29) is 58.8 Å². The summed E-state index contributed by atoms with van der Waals surface area (Å²) in [6, 6.07) is 1.25. The average Bonchev–Trinajstić information content (AvgIpc) is 3.05. The second-order valence-electron chi connectivity index (χ2n) is 10.7. The van der Waals surface area contributed by atoms with Crippen LogP contribution < -0.4 is 62.1 Å². The number of aliphatic carboxylic acids is 4. The molecule has 0 saturated heterocycles. The number of hydrogen-bond acceptors (Lipinski definition) is 13. The number of nitrogens with two attached hydrogens (primary N) is 1. The first-order chi connectivity index (χ1) is 23.6. The molecule has 0 fully saturated rings. The summed E-state index contributed by atoms with van der Waals surface area (Å²) in [4.78, 5) is 109. The molecule has 266 valence electrons. The van der Waals surface area contributed by atoms with Crippen LogP contribution in [0.4, 0.5) is 11.6 Å². The largest absolute Gasteiger partial charge is 1.00 e. The smallest absolute Gasteiger partial charge is 0.481 e. The Hall–Kier alpha value is -5.67. The van der Waals surface area contributed by atoms with Crippen molar-refractivity contribution >= 4 is 64.4 Å². The van der Waals surface area contributed by atoms with Crippen molar-refractivity contribution in [2.75, 3.05) is 11.1 Å². The van der Waals surface area contributed by atoms with Crippen molar-refractivity contribution in [3.8, 4) is 0 Å². The molecule has 0 aliphatic carbocycles. The Morgan fingerprint density at radius 1 is 0.745 bits per heavy atom. The van der Waals surface area contributed by atoms with Gasteiger partial charge in [0.25, 0.3) is 11.5 Å². The number of carboxylic acid groups (broad SMARTS) is 4. The van der Waals surface area contributed by atoms with Gasteiger partial charge in [0, 0.05) is 30.5 Å². The number of aromatic nitrogens is 4. The molecule has 3 atom stereocenters. The Kier molecular flexibility index (Phi) is 15.9. The minimum Gasteiger partial charge on any atom is -0.481 e. The van der Waals surface area contributed by atoms with E-state index in [1.807, 2.05) is 0 Å². The van der Waals surface area contributed by atoms with Crippen LogP contribution in [0.3, 0.4) is 0 Å². The zero-order chi connectivity index (χ0) is 37.0. The molecule has 0 bridgehead atoms. The van der Waals surface area contributed by atoms with Crippen LogP contribution in [0.2, 0.25) is 0 Å². The van der Waals surface area contributed by atoms with E-state index in [2.05, 4.69) is 41.2 Å². The molecule has 2 heterocycles. The molecule has 21 nitrogen and oxygen atoms in total. The predicted octanol–water partition coefficient (Wildman–Crippen LogP) is -4.34. The third-order valence-corrected chi connectivity index (χ3v) is 6.94. The summed E-state index contributed by atoms with van der Waals surface area (Å²) in [5, 5.41) is 46.5. The van der Waals surface area contributed by atoms with Gasteiger partial charge in [0.1, 0.15) is 18.1 Å². The molecular formula is C29H33N9NaO12+. The average molecular weight is 723 g/mol. The van der Waals surface area contributed by atoms with E-state index in [1.165, 1.54) is 30.5 Å². The van der Waals surface area contributed by atoms with Gasteiger partial charge in [-0.1, -0.05) is 0 Å². The van der Waals surface area contributed by atoms with Crippen LogP contribution in [-0.4, -0.2) is 100 Å². The standard InChI is InChI=1S/C29H33N9O12.Na/c30-29-37-23-22(25(44)38-29)33-15(12-32-23)11-31-14-3-1-13(2-4-14)24(43)36-18(28(49)50)6-9-20(40)34-16(26(45)46)5-8-19(39)35-17(27(47)48)7-10-21(41)42;/h1-4,12,16-18,31H,5-11H2,(H,34,40)(H,35,39)(H,36,43)(H,41,42)(H,45,46)(H,47,48)(H,49,50)(H3,30,32,37,38,44);/q;+1. The summed E-state index contributed by atoms with van der Waals surface area (Å²) in [5.74, 6) is -8.37. The number of nitrogen functional groups attached to an aromatic ring is 1. The normalized spacial score (nSPS) is 12.3. The number of rotatable bonds is 19. The fourth-order valence-electron chi connectivity index (χ4n) is 4.35. The van der Waals surface area contributed by atoms with Gasteiger partial charge in [-0.15, -0.1) is 0 Å². The van der Waals surface area contributed by atoms with Crippen molar-refractivity contribution in [1.29, 1.82) is 0 Å². The van der Waals surface area contributed by atoms with Crippen LogP contribution in [0.15, 0.2) is 35.3 Å². The molecule has 3 aromatic rings. The van der Waals surface area contributed by atoms with Crippen LogP contribution in [0.25, 0.3) is 11.2 Å². The fraction of sp³-hybridized carbons (Fsp3) is 0.345. The van der Waals surface area contributed by atoms with Gasteiger partial charge >= 0.3 is 53.4 Å². The Balaban J connectivity index is 0.00000901. The summed E-state index contributed by atoms with van der Waals surface area (Å²) < 4.78 is 0. The first kappa shape index (κ1) is 41.5. The van der Waals surface area contributed by atoms with Crippen molar-refractivity contribution in [3.63, 3.8) is 0 Å². The van der Waals surface area contributed by atoms with Crippen molar-refractivity contribution in [2.45, 2.75) is 63.2 Å². The second kappa shape index (κ2) is 19.5. The number of aromatic amines is 1. The topological polar surface area (TPSA) is 346 Å². The van der Waals surface area contributed by atoms with Gasteiger partial charge in [0.05, 0.1) is 18.4 Å². The number of carboxylic acids is 4. The van der Waals surface area contributed by atoms with Gasteiger partial charge in [-0.2, -0.15) is 4.98 Å². The molecule has 2 aromatic heterocycles. The molecular weight excluding hydrogens is 689 g/mol. The second-order valence-corrected chi connectivity index (χ2v) is 10.7.